The summed E-state index contributed by atoms with van der Waals surface area (Å²) >= 11 is 0. The first-order chi connectivity index (χ1) is 10.6. The first-order valence-corrected chi connectivity index (χ1v) is 8.21. The lowest BCUT2D eigenvalue weighted by Gasteiger charge is -2.31. The molecule has 0 radical (unpaired) electrons. The van der Waals surface area contributed by atoms with Crippen LogP contribution < -0.4 is 5.32 Å². The summed E-state index contributed by atoms with van der Waals surface area (Å²) in [5.41, 5.74) is 0. The van der Waals surface area contributed by atoms with E-state index in [1.807, 2.05) is 13.0 Å². The molecule has 1 N–H and O–H groups in total. The van der Waals surface area contributed by atoms with Gasteiger partial charge in [0, 0.05) is 13.0 Å². The van der Waals surface area contributed by atoms with Gasteiger partial charge in [0.1, 0.15) is 11.8 Å². The van der Waals surface area contributed by atoms with Crippen molar-refractivity contribution in [2.24, 2.45) is 0 Å². The fraction of sp³-hybridized carbons (Fsp3) is 0.647. The SMILES string of the molecule is CCC(C(=O)NC1CCCCC1)N(Cc1ccco1)C(C)=O. The molecule has 1 saturated carbocycles. The van der Waals surface area contributed by atoms with Gasteiger partial charge in [0.05, 0.1) is 12.8 Å². The molecule has 1 aromatic rings. The second kappa shape index (κ2) is 8.01. The normalized spacial score (nSPS) is 17.0. The monoisotopic (exact) mass is 306 g/mol. The smallest absolute Gasteiger partial charge is 0.243 e. The number of hydrogen-bond acceptors (Lipinski definition) is 3. The van der Waals surface area contributed by atoms with Gasteiger partial charge in [-0.3, -0.25) is 9.59 Å². The zero-order valence-corrected chi connectivity index (χ0v) is 13.5. The number of furan rings is 1. The Bertz CT molecular complexity index is 478. The van der Waals surface area contributed by atoms with Gasteiger partial charge in [0.15, 0.2) is 0 Å². The Labute approximate surface area is 132 Å². The third kappa shape index (κ3) is 4.36. The van der Waals surface area contributed by atoms with Crippen molar-refractivity contribution in [2.45, 2.75) is 71.0 Å². The zero-order valence-electron chi connectivity index (χ0n) is 13.5. The Kier molecular flexibility index (Phi) is 6.04. The van der Waals surface area contributed by atoms with Crippen LogP contribution in [0.15, 0.2) is 22.8 Å². The summed E-state index contributed by atoms with van der Waals surface area (Å²) in [7, 11) is 0. The van der Waals surface area contributed by atoms with Crippen molar-refractivity contribution in [3.05, 3.63) is 24.2 Å². The van der Waals surface area contributed by atoms with Crippen LogP contribution in [0.3, 0.4) is 0 Å². The van der Waals surface area contributed by atoms with E-state index in [4.69, 9.17) is 4.42 Å². The average Bonchev–Trinajstić information content (AvgIpc) is 3.01. The Morgan fingerprint density at radius 2 is 2.09 bits per heavy atom. The van der Waals surface area contributed by atoms with E-state index >= 15 is 0 Å². The summed E-state index contributed by atoms with van der Waals surface area (Å²) in [6.07, 6.45) is 7.85. The first-order valence-electron chi connectivity index (χ1n) is 8.21. The van der Waals surface area contributed by atoms with Crippen molar-refractivity contribution in [2.75, 3.05) is 0 Å². The van der Waals surface area contributed by atoms with Crippen molar-refractivity contribution >= 4 is 11.8 Å². The fourth-order valence-corrected chi connectivity index (χ4v) is 3.10. The molecule has 122 valence electrons. The fourth-order valence-electron chi connectivity index (χ4n) is 3.10. The molecule has 1 aliphatic rings. The number of amides is 2. The molecule has 1 aromatic heterocycles. The summed E-state index contributed by atoms with van der Waals surface area (Å²) in [5, 5.41) is 3.12. The van der Waals surface area contributed by atoms with E-state index in [1.165, 1.54) is 26.2 Å². The molecule has 0 aromatic carbocycles. The minimum atomic E-state index is -0.440. The summed E-state index contributed by atoms with van der Waals surface area (Å²) in [6.45, 7) is 3.77. The molecule has 0 bridgehead atoms. The Hall–Kier alpha value is -1.78. The van der Waals surface area contributed by atoms with Crippen molar-refractivity contribution in [3.8, 4) is 0 Å². The summed E-state index contributed by atoms with van der Waals surface area (Å²) < 4.78 is 5.31. The molecule has 2 rings (SSSR count). The van der Waals surface area contributed by atoms with Gasteiger partial charge in [-0.05, 0) is 31.4 Å². The Morgan fingerprint density at radius 1 is 1.36 bits per heavy atom. The van der Waals surface area contributed by atoms with E-state index in [1.54, 1.807) is 17.2 Å². The lowest BCUT2D eigenvalue weighted by molar-refractivity contribution is -0.140. The van der Waals surface area contributed by atoms with Gasteiger partial charge in [0.2, 0.25) is 11.8 Å². The Balaban J connectivity index is 2.01. The van der Waals surface area contributed by atoms with Gasteiger partial charge in [0.25, 0.3) is 0 Å². The summed E-state index contributed by atoms with van der Waals surface area (Å²) in [6, 6.07) is 3.43. The van der Waals surface area contributed by atoms with Crippen LogP contribution in [0.1, 0.15) is 58.1 Å². The predicted molar refractivity (Wildman–Crippen MR) is 84.0 cm³/mol. The van der Waals surface area contributed by atoms with E-state index in [9.17, 15) is 9.59 Å². The molecule has 5 heteroatoms. The van der Waals surface area contributed by atoms with Gasteiger partial charge >= 0.3 is 0 Å². The molecule has 5 nitrogen and oxygen atoms in total. The molecule has 0 spiro atoms. The van der Waals surface area contributed by atoms with Crippen LogP contribution in [0.5, 0.6) is 0 Å². The molecule has 1 atom stereocenters. The van der Waals surface area contributed by atoms with Crippen molar-refractivity contribution < 1.29 is 14.0 Å². The van der Waals surface area contributed by atoms with Crippen molar-refractivity contribution in [1.29, 1.82) is 0 Å². The Morgan fingerprint density at radius 3 is 2.64 bits per heavy atom. The van der Waals surface area contributed by atoms with Gasteiger partial charge in [-0.2, -0.15) is 0 Å². The van der Waals surface area contributed by atoms with Crippen LogP contribution in [0, 0.1) is 0 Å². The van der Waals surface area contributed by atoms with E-state index in [-0.39, 0.29) is 17.9 Å². The summed E-state index contributed by atoms with van der Waals surface area (Å²) in [5.74, 6) is 0.539. The maximum absolute atomic E-state index is 12.6. The van der Waals surface area contributed by atoms with Crippen molar-refractivity contribution in [1.82, 2.24) is 10.2 Å². The largest absolute Gasteiger partial charge is 0.467 e. The molecule has 1 heterocycles. The van der Waals surface area contributed by atoms with Crippen LogP contribution in [-0.4, -0.2) is 28.8 Å². The molecule has 1 aliphatic carbocycles. The highest BCUT2D eigenvalue weighted by Gasteiger charge is 2.29. The molecular formula is C17H26N2O3. The molecule has 2 amide bonds. The predicted octanol–water partition coefficient (Wildman–Crippen LogP) is 2.86. The van der Waals surface area contributed by atoms with Gasteiger partial charge in [-0.15, -0.1) is 0 Å². The number of carbonyl (C=O) groups is 2. The van der Waals surface area contributed by atoms with Crippen molar-refractivity contribution in [3.63, 3.8) is 0 Å². The van der Waals surface area contributed by atoms with Crippen LogP contribution in [-0.2, 0) is 16.1 Å². The number of nitrogens with zero attached hydrogens (tertiary/aromatic N) is 1. The molecular weight excluding hydrogens is 280 g/mol. The van der Waals surface area contributed by atoms with Gasteiger partial charge in [-0.25, -0.2) is 0 Å². The van der Waals surface area contributed by atoms with Crippen LogP contribution in [0.2, 0.25) is 0 Å². The number of nitrogens with one attached hydrogen (secondary N) is 1. The van der Waals surface area contributed by atoms with Crippen LogP contribution >= 0.6 is 0 Å². The molecule has 0 saturated heterocycles. The summed E-state index contributed by atoms with van der Waals surface area (Å²) in [4.78, 5) is 26.1. The average molecular weight is 306 g/mol. The lowest BCUT2D eigenvalue weighted by Crippen LogP contribution is -2.51. The molecule has 22 heavy (non-hydrogen) atoms. The topological polar surface area (TPSA) is 62.6 Å². The van der Waals surface area contributed by atoms with E-state index in [0.717, 1.165) is 12.8 Å². The number of hydrogen-bond donors (Lipinski definition) is 1. The minimum absolute atomic E-state index is 0.0452. The van der Waals surface area contributed by atoms with E-state index in [0.29, 0.717) is 18.7 Å². The van der Waals surface area contributed by atoms with Gasteiger partial charge < -0.3 is 14.6 Å². The molecule has 1 fully saturated rings. The second-order valence-electron chi connectivity index (χ2n) is 5.99. The number of rotatable bonds is 6. The first kappa shape index (κ1) is 16.6. The molecule has 0 aliphatic heterocycles. The van der Waals surface area contributed by atoms with Crippen LogP contribution in [0.4, 0.5) is 0 Å². The zero-order chi connectivity index (χ0) is 15.9. The molecule has 1 unspecified atom stereocenters. The quantitative estimate of drug-likeness (QED) is 0.879. The van der Waals surface area contributed by atoms with Gasteiger partial charge in [-0.1, -0.05) is 26.2 Å². The third-order valence-electron chi connectivity index (χ3n) is 4.33. The maximum Gasteiger partial charge on any atom is 0.243 e. The highest BCUT2D eigenvalue weighted by atomic mass is 16.3. The highest BCUT2D eigenvalue weighted by molar-refractivity contribution is 5.87. The lowest BCUT2D eigenvalue weighted by atomic mass is 9.95. The minimum Gasteiger partial charge on any atom is -0.467 e. The third-order valence-corrected chi connectivity index (χ3v) is 4.33. The number of carbonyl (C=O) groups excluding carboxylic acids is 2. The highest BCUT2D eigenvalue weighted by Crippen LogP contribution is 2.19. The van der Waals surface area contributed by atoms with Crippen LogP contribution in [0.25, 0.3) is 0 Å². The standard InChI is InChI=1S/C17H26N2O3/c1-3-16(17(21)18-14-8-5-4-6-9-14)19(13(2)20)12-15-10-7-11-22-15/h7,10-11,14,16H,3-6,8-9,12H2,1-2H3,(H,18,21). The van der Waals surface area contributed by atoms with E-state index < -0.39 is 6.04 Å². The maximum atomic E-state index is 12.6. The second-order valence-corrected chi connectivity index (χ2v) is 5.99. The van der Waals surface area contributed by atoms with E-state index in [2.05, 4.69) is 5.32 Å².